The second-order valence-corrected chi connectivity index (χ2v) is 5.67. The molecule has 1 nitrogen and oxygen atoms in total. The van der Waals surface area contributed by atoms with Crippen molar-refractivity contribution in [2.45, 2.75) is 40.5 Å². The standard InChI is InChI=1S/C18H23N/c1-13(2)5-7-15-8-10-17-16(9-6-14(3)4)12-19-18(17)11-15/h5-6,8,10-12,19H,7,9H2,1-4H3. The zero-order valence-electron chi connectivity index (χ0n) is 12.4. The van der Waals surface area contributed by atoms with E-state index in [4.69, 9.17) is 0 Å². The van der Waals surface area contributed by atoms with Crippen LogP contribution in [0.4, 0.5) is 0 Å². The molecule has 0 fully saturated rings. The van der Waals surface area contributed by atoms with Crippen LogP contribution in [0.3, 0.4) is 0 Å². The van der Waals surface area contributed by atoms with Gasteiger partial charge in [-0.05, 0) is 57.7 Å². The van der Waals surface area contributed by atoms with Gasteiger partial charge in [0.2, 0.25) is 0 Å². The zero-order chi connectivity index (χ0) is 13.8. The van der Waals surface area contributed by atoms with Gasteiger partial charge in [-0.15, -0.1) is 0 Å². The monoisotopic (exact) mass is 253 g/mol. The number of allylic oxidation sites excluding steroid dienone is 4. The van der Waals surface area contributed by atoms with Gasteiger partial charge in [-0.2, -0.15) is 0 Å². The Labute approximate surface area is 116 Å². The van der Waals surface area contributed by atoms with Gasteiger partial charge in [-0.3, -0.25) is 0 Å². The van der Waals surface area contributed by atoms with Crippen LogP contribution in [0.2, 0.25) is 0 Å². The second-order valence-electron chi connectivity index (χ2n) is 5.67. The molecule has 2 rings (SSSR count). The molecule has 0 bridgehead atoms. The third-order valence-corrected chi connectivity index (χ3v) is 3.31. The first-order chi connectivity index (χ1) is 9.06. The summed E-state index contributed by atoms with van der Waals surface area (Å²) in [5.74, 6) is 0. The molecule has 0 aliphatic rings. The summed E-state index contributed by atoms with van der Waals surface area (Å²) in [6, 6.07) is 6.75. The minimum absolute atomic E-state index is 1.01. The molecule has 0 aliphatic heterocycles. The van der Waals surface area contributed by atoms with Crippen LogP contribution in [-0.4, -0.2) is 4.98 Å². The van der Waals surface area contributed by atoms with E-state index in [1.54, 1.807) is 0 Å². The largest absolute Gasteiger partial charge is 0.361 e. The number of hydrogen-bond acceptors (Lipinski definition) is 0. The summed E-state index contributed by atoms with van der Waals surface area (Å²) in [4.78, 5) is 3.39. The van der Waals surface area contributed by atoms with Crippen LogP contribution in [0.15, 0.2) is 47.7 Å². The van der Waals surface area contributed by atoms with Crippen molar-refractivity contribution in [2.24, 2.45) is 0 Å². The number of hydrogen-bond donors (Lipinski definition) is 1. The van der Waals surface area contributed by atoms with Crippen LogP contribution in [0.5, 0.6) is 0 Å². The molecule has 1 aromatic carbocycles. The van der Waals surface area contributed by atoms with Gasteiger partial charge in [0, 0.05) is 17.1 Å². The van der Waals surface area contributed by atoms with Gasteiger partial charge in [0.05, 0.1) is 0 Å². The minimum atomic E-state index is 1.01. The maximum Gasteiger partial charge on any atom is 0.0459 e. The average Bonchev–Trinajstić information content (AvgIpc) is 2.76. The van der Waals surface area contributed by atoms with E-state index < -0.39 is 0 Å². The quantitative estimate of drug-likeness (QED) is 0.722. The number of H-pyrrole nitrogens is 1. The molecule has 1 N–H and O–H groups in total. The van der Waals surface area contributed by atoms with Gasteiger partial charge in [-0.1, -0.05) is 35.4 Å². The molecule has 0 aliphatic carbocycles. The molecule has 0 saturated heterocycles. The van der Waals surface area contributed by atoms with Gasteiger partial charge in [0.25, 0.3) is 0 Å². The number of nitrogens with one attached hydrogen (secondary N) is 1. The van der Waals surface area contributed by atoms with Crippen molar-refractivity contribution in [1.29, 1.82) is 0 Å². The van der Waals surface area contributed by atoms with Crippen LogP contribution in [0.1, 0.15) is 38.8 Å². The lowest BCUT2D eigenvalue weighted by Crippen LogP contribution is -1.83. The van der Waals surface area contributed by atoms with Crippen molar-refractivity contribution >= 4 is 10.9 Å². The van der Waals surface area contributed by atoms with Crippen LogP contribution >= 0.6 is 0 Å². The Hall–Kier alpha value is -1.76. The summed E-state index contributed by atoms with van der Waals surface area (Å²) in [6.07, 6.45) is 8.71. The second kappa shape index (κ2) is 5.92. The van der Waals surface area contributed by atoms with E-state index in [0.717, 1.165) is 12.8 Å². The number of fused-ring (bicyclic) bond motifs is 1. The zero-order valence-corrected chi connectivity index (χ0v) is 12.4. The van der Waals surface area contributed by atoms with E-state index in [9.17, 15) is 0 Å². The summed E-state index contributed by atoms with van der Waals surface area (Å²) in [5, 5.41) is 1.35. The van der Waals surface area contributed by atoms with Crippen molar-refractivity contribution in [3.8, 4) is 0 Å². The third-order valence-electron chi connectivity index (χ3n) is 3.31. The lowest BCUT2D eigenvalue weighted by Gasteiger charge is -2.00. The predicted molar refractivity (Wildman–Crippen MR) is 84.6 cm³/mol. The SMILES string of the molecule is CC(C)=CCc1ccc2c(CC=C(C)C)c[nH]c2c1. The predicted octanol–water partition coefficient (Wildman–Crippen LogP) is 5.19. The number of benzene rings is 1. The Morgan fingerprint density at radius 3 is 2.37 bits per heavy atom. The molecule has 0 spiro atoms. The maximum atomic E-state index is 3.39. The molecular weight excluding hydrogens is 230 g/mol. The lowest BCUT2D eigenvalue weighted by molar-refractivity contribution is 1.22. The number of rotatable bonds is 4. The van der Waals surface area contributed by atoms with E-state index in [1.807, 2.05) is 0 Å². The highest BCUT2D eigenvalue weighted by molar-refractivity contribution is 5.84. The molecule has 1 aromatic heterocycles. The molecule has 1 heterocycles. The van der Waals surface area contributed by atoms with Gasteiger partial charge in [0.15, 0.2) is 0 Å². The normalized spacial score (nSPS) is 10.5. The fraction of sp³-hybridized carbons (Fsp3) is 0.333. The van der Waals surface area contributed by atoms with Crippen LogP contribution in [0.25, 0.3) is 10.9 Å². The van der Waals surface area contributed by atoms with Gasteiger partial charge < -0.3 is 4.98 Å². The van der Waals surface area contributed by atoms with E-state index >= 15 is 0 Å². The summed E-state index contributed by atoms with van der Waals surface area (Å²) in [6.45, 7) is 8.58. The van der Waals surface area contributed by atoms with Crippen molar-refractivity contribution in [3.63, 3.8) is 0 Å². The third kappa shape index (κ3) is 3.60. The lowest BCUT2D eigenvalue weighted by atomic mass is 10.0. The highest BCUT2D eigenvalue weighted by Gasteiger charge is 2.03. The highest BCUT2D eigenvalue weighted by atomic mass is 14.7. The summed E-state index contributed by atoms with van der Waals surface area (Å²) in [5.41, 5.74) is 6.73. The van der Waals surface area contributed by atoms with Gasteiger partial charge >= 0.3 is 0 Å². The van der Waals surface area contributed by atoms with E-state index in [2.05, 4.69) is 69.2 Å². The van der Waals surface area contributed by atoms with Crippen molar-refractivity contribution in [3.05, 3.63) is 58.8 Å². The van der Waals surface area contributed by atoms with Crippen LogP contribution in [0, 0.1) is 0 Å². The minimum Gasteiger partial charge on any atom is -0.361 e. The molecule has 19 heavy (non-hydrogen) atoms. The summed E-state index contributed by atoms with van der Waals surface area (Å²) >= 11 is 0. The van der Waals surface area contributed by atoms with Crippen molar-refractivity contribution in [1.82, 2.24) is 4.98 Å². The van der Waals surface area contributed by atoms with Gasteiger partial charge in [-0.25, -0.2) is 0 Å². The Morgan fingerprint density at radius 2 is 1.68 bits per heavy atom. The average molecular weight is 253 g/mol. The summed E-state index contributed by atoms with van der Waals surface area (Å²) < 4.78 is 0. The van der Waals surface area contributed by atoms with E-state index in [1.165, 1.54) is 33.2 Å². The van der Waals surface area contributed by atoms with Crippen LogP contribution < -0.4 is 0 Å². The van der Waals surface area contributed by atoms with E-state index in [-0.39, 0.29) is 0 Å². The molecule has 1 heteroatoms. The molecule has 0 amide bonds. The van der Waals surface area contributed by atoms with Crippen molar-refractivity contribution < 1.29 is 0 Å². The topological polar surface area (TPSA) is 15.8 Å². The number of aromatic amines is 1. The molecule has 100 valence electrons. The first kappa shape index (κ1) is 13.7. The molecule has 0 atom stereocenters. The van der Waals surface area contributed by atoms with Gasteiger partial charge in [0.1, 0.15) is 0 Å². The van der Waals surface area contributed by atoms with Crippen molar-refractivity contribution in [2.75, 3.05) is 0 Å². The summed E-state index contributed by atoms with van der Waals surface area (Å²) in [7, 11) is 0. The molecular formula is C18H23N. The smallest absolute Gasteiger partial charge is 0.0459 e. The Morgan fingerprint density at radius 1 is 1.00 bits per heavy atom. The molecule has 2 aromatic rings. The van der Waals surface area contributed by atoms with E-state index in [0.29, 0.717) is 0 Å². The highest BCUT2D eigenvalue weighted by Crippen LogP contribution is 2.21. The Kier molecular flexibility index (Phi) is 4.26. The fourth-order valence-electron chi connectivity index (χ4n) is 2.17. The number of aromatic nitrogens is 1. The first-order valence-electron chi connectivity index (χ1n) is 6.92. The molecule has 0 unspecified atom stereocenters. The molecule has 0 saturated carbocycles. The first-order valence-corrected chi connectivity index (χ1v) is 6.92. The fourth-order valence-corrected chi connectivity index (χ4v) is 2.17. The molecule has 0 radical (unpaired) electrons. The maximum absolute atomic E-state index is 3.39. The Bertz CT molecular complexity index is 618. The Balaban J connectivity index is 2.26. The van der Waals surface area contributed by atoms with Crippen LogP contribution in [-0.2, 0) is 12.8 Å².